The van der Waals surface area contributed by atoms with Crippen molar-refractivity contribution in [1.82, 2.24) is 4.98 Å². The number of nitrogens with zero attached hydrogens (tertiary/aromatic N) is 1. The molecule has 1 fully saturated rings. The second kappa shape index (κ2) is 3.89. The molecule has 1 aliphatic rings. The van der Waals surface area contributed by atoms with E-state index >= 15 is 0 Å². The van der Waals surface area contributed by atoms with Crippen LogP contribution in [-0.2, 0) is 9.31 Å². The lowest BCUT2D eigenvalue weighted by atomic mass is 9.80. The second-order valence-corrected chi connectivity index (χ2v) is 5.32. The van der Waals surface area contributed by atoms with Gasteiger partial charge in [-0.3, -0.25) is 0 Å². The second-order valence-electron chi connectivity index (χ2n) is 5.32. The molecule has 0 aliphatic carbocycles. The van der Waals surface area contributed by atoms with Crippen molar-refractivity contribution in [3.8, 4) is 0 Å². The van der Waals surface area contributed by atoms with Crippen molar-refractivity contribution in [3.05, 3.63) is 17.8 Å². The third-order valence-electron chi connectivity index (χ3n) is 3.49. The van der Waals surface area contributed by atoms with Crippen LogP contribution in [0, 0.1) is 11.8 Å². The van der Waals surface area contributed by atoms with Gasteiger partial charge < -0.3 is 15.0 Å². The van der Waals surface area contributed by atoms with Crippen molar-refractivity contribution in [2.45, 2.75) is 38.9 Å². The van der Waals surface area contributed by atoms with Crippen molar-refractivity contribution >= 4 is 18.4 Å². The Morgan fingerprint density at radius 3 is 2.17 bits per heavy atom. The number of anilines is 1. The number of hydrogen-bond acceptors (Lipinski definition) is 4. The highest BCUT2D eigenvalue weighted by atomic mass is 19.1. The van der Waals surface area contributed by atoms with Crippen LogP contribution in [0.2, 0.25) is 0 Å². The Labute approximate surface area is 105 Å². The summed E-state index contributed by atoms with van der Waals surface area (Å²) < 4.78 is 38.2. The van der Waals surface area contributed by atoms with Gasteiger partial charge in [-0.2, -0.15) is 9.37 Å². The van der Waals surface area contributed by atoms with Crippen LogP contribution in [0.15, 0.2) is 6.07 Å². The molecule has 7 heteroatoms. The van der Waals surface area contributed by atoms with Gasteiger partial charge in [0, 0.05) is 5.46 Å². The largest absolute Gasteiger partial charge is 0.499 e. The van der Waals surface area contributed by atoms with E-state index in [1.807, 2.05) is 27.7 Å². The van der Waals surface area contributed by atoms with E-state index < -0.39 is 35.9 Å². The van der Waals surface area contributed by atoms with Gasteiger partial charge in [-0.05, 0) is 33.8 Å². The molecule has 18 heavy (non-hydrogen) atoms. The third kappa shape index (κ3) is 1.97. The van der Waals surface area contributed by atoms with E-state index in [1.54, 1.807) is 0 Å². The lowest BCUT2D eigenvalue weighted by molar-refractivity contribution is 0.00578. The molecule has 2 N–H and O–H groups in total. The van der Waals surface area contributed by atoms with Crippen molar-refractivity contribution < 1.29 is 18.1 Å². The predicted molar refractivity (Wildman–Crippen MR) is 64.3 cm³/mol. The van der Waals surface area contributed by atoms with Crippen molar-refractivity contribution in [1.29, 1.82) is 0 Å². The molecule has 1 aromatic rings. The molecule has 1 aliphatic heterocycles. The number of pyridine rings is 1. The molecule has 2 heterocycles. The molecule has 0 aromatic carbocycles. The molecular formula is C11H15BF2N2O2. The summed E-state index contributed by atoms with van der Waals surface area (Å²) in [6, 6.07) is 0.958. The highest BCUT2D eigenvalue weighted by Crippen LogP contribution is 2.36. The topological polar surface area (TPSA) is 57.4 Å². The van der Waals surface area contributed by atoms with Gasteiger partial charge in [-0.1, -0.05) is 0 Å². The summed E-state index contributed by atoms with van der Waals surface area (Å²) in [7, 11) is -0.988. The number of hydrogen-bond donors (Lipinski definition) is 1. The number of nitrogens with two attached hydrogens (primary N) is 1. The Kier molecular flexibility index (Phi) is 2.86. The van der Waals surface area contributed by atoms with E-state index in [2.05, 4.69) is 4.98 Å². The standard InChI is InChI=1S/C11H15BF2N2O2/c1-10(2)11(3,4)18-12(17-10)6-5-7(13)9(15)16-8(6)14/h5H,1-4H3,(H2,15,16). The van der Waals surface area contributed by atoms with E-state index in [-0.39, 0.29) is 5.46 Å². The highest BCUT2D eigenvalue weighted by Gasteiger charge is 2.52. The molecule has 1 aromatic heterocycles. The van der Waals surface area contributed by atoms with E-state index in [4.69, 9.17) is 15.0 Å². The van der Waals surface area contributed by atoms with Gasteiger partial charge in [-0.15, -0.1) is 0 Å². The summed E-state index contributed by atoms with van der Waals surface area (Å²) in [6.07, 6.45) is 0. The average molecular weight is 256 g/mol. The molecule has 0 amide bonds. The minimum atomic E-state index is -0.988. The van der Waals surface area contributed by atoms with Crippen LogP contribution < -0.4 is 11.2 Å². The quantitative estimate of drug-likeness (QED) is 0.606. The third-order valence-corrected chi connectivity index (χ3v) is 3.49. The maximum atomic E-state index is 13.7. The van der Waals surface area contributed by atoms with Crippen molar-refractivity contribution in [2.75, 3.05) is 5.73 Å². The Bertz CT molecular complexity index is 478. The summed E-state index contributed by atoms with van der Waals surface area (Å²) in [5.41, 5.74) is 3.86. The molecule has 98 valence electrons. The van der Waals surface area contributed by atoms with Crippen LogP contribution in [0.25, 0.3) is 0 Å². The zero-order valence-corrected chi connectivity index (χ0v) is 10.8. The normalized spacial score (nSPS) is 21.3. The highest BCUT2D eigenvalue weighted by molar-refractivity contribution is 6.62. The molecule has 2 rings (SSSR count). The lowest BCUT2D eigenvalue weighted by Crippen LogP contribution is -2.41. The van der Waals surface area contributed by atoms with Gasteiger partial charge in [0.25, 0.3) is 0 Å². The summed E-state index contributed by atoms with van der Waals surface area (Å²) in [4.78, 5) is 3.29. The Balaban J connectivity index is 2.38. The number of rotatable bonds is 1. The van der Waals surface area contributed by atoms with Crippen LogP contribution in [-0.4, -0.2) is 23.3 Å². The molecule has 0 radical (unpaired) electrons. The predicted octanol–water partition coefficient (Wildman–Crippen LogP) is 1.24. The Hall–Kier alpha value is -1.21. The molecule has 0 atom stereocenters. The molecule has 1 saturated heterocycles. The summed E-state index contributed by atoms with van der Waals surface area (Å²) in [5.74, 6) is -2.15. The first-order chi connectivity index (χ1) is 8.14. The molecular weight excluding hydrogens is 241 g/mol. The van der Waals surface area contributed by atoms with Crippen LogP contribution in [0.5, 0.6) is 0 Å². The summed E-state index contributed by atoms with van der Waals surface area (Å²) in [5, 5.41) is 0. The van der Waals surface area contributed by atoms with Gasteiger partial charge in [0.1, 0.15) is 0 Å². The number of aromatic nitrogens is 1. The smallest absolute Gasteiger partial charge is 0.399 e. The first kappa shape index (κ1) is 13.2. The Morgan fingerprint density at radius 2 is 1.67 bits per heavy atom. The van der Waals surface area contributed by atoms with E-state index in [0.717, 1.165) is 6.07 Å². The van der Waals surface area contributed by atoms with E-state index in [0.29, 0.717) is 0 Å². The van der Waals surface area contributed by atoms with Crippen LogP contribution in [0.1, 0.15) is 27.7 Å². The first-order valence-corrected chi connectivity index (χ1v) is 5.61. The van der Waals surface area contributed by atoms with Crippen molar-refractivity contribution in [3.63, 3.8) is 0 Å². The number of nitrogen functional groups attached to an aromatic ring is 1. The summed E-state index contributed by atoms with van der Waals surface area (Å²) >= 11 is 0. The molecule has 0 spiro atoms. The van der Waals surface area contributed by atoms with Crippen molar-refractivity contribution in [2.24, 2.45) is 0 Å². The monoisotopic (exact) mass is 256 g/mol. The zero-order chi connectivity index (χ0) is 13.7. The van der Waals surface area contributed by atoms with Crippen LogP contribution >= 0.6 is 0 Å². The molecule has 0 unspecified atom stereocenters. The Morgan fingerprint density at radius 1 is 1.17 bits per heavy atom. The lowest BCUT2D eigenvalue weighted by Gasteiger charge is -2.32. The molecule has 0 saturated carbocycles. The zero-order valence-electron chi connectivity index (χ0n) is 10.8. The van der Waals surface area contributed by atoms with Crippen LogP contribution in [0.4, 0.5) is 14.6 Å². The van der Waals surface area contributed by atoms with Gasteiger partial charge in [0.05, 0.1) is 11.2 Å². The van der Waals surface area contributed by atoms with Gasteiger partial charge >= 0.3 is 7.12 Å². The summed E-state index contributed by atoms with van der Waals surface area (Å²) in [6.45, 7) is 7.30. The fraction of sp³-hybridized carbons (Fsp3) is 0.545. The SMILES string of the molecule is CC1(C)OB(c2cc(F)c(N)nc2F)OC1(C)C. The maximum absolute atomic E-state index is 13.7. The van der Waals surface area contributed by atoms with Gasteiger partial charge in [-0.25, -0.2) is 4.39 Å². The fourth-order valence-electron chi connectivity index (χ4n) is 1.63. The van der Waals surface area contributed by atoms with E-state index in [9.17, 15) is 8.78 Å². The van der Waals surface area contributed by atoms with Gasteiger partial charge in [0.2, 0.25) is 5.95 Å². The van der Waals surface area contributed by atoms with Crippen LogP contribution in [0.3, 0.4) is 0 Å². The minimum Gasteiger partial charge on any atom is -0.399 e. The average Bonchev–Trinajstić information content (AvgIpc) is 2.42. The fourth-order valence-corrected chi connectivity index (χ4v) is 1.63. The molecule has 0 bridgehead atoms. The van der Waals surface area contributed by atoms with Gasteiger partial charge in [0.15, 0.2) is 11.6 Å². The number of halogens is 2. The molecule has 4 nitrogen and oxygen atoms in total. The maximum Gasteiger partial charge on any atom is 0.499 e. The minimum absolute atomic E-state index is 0.0830. The first-order valence-electron chi connectivity index (χ1n) is 5.61. The van der Waals surface area contributed by atoms with E-state index in [1.165, 1.54) is 0 Å².